The van der Waals surface area contributed by atoms with Gasteiger partial charge in [0.2, 0.25) is 5.91 Å². The lowest BCUT2D eigenvalue weighted by atomic mass is 9.78. The van der Waals surface area contributed by atoms with E-state index in [1.807, 2.05) is 13.8 Å². The van der Waals surface area contributed by atoms with Gasteiger partial charge in [-0.3, -0.25) is 4.79 Å². The van der Waals surface area contributed by atoms with Crippen molar-refractivity contribution in [2.75, 3.05) is 18.6 Å². The molecule has 0 radical (unpaired) electrons. The van der Waals surface area contributed by atoms with Gasteiger partial charge in [-0.2, -0.15) is 0 Å². The minimum atomic E-state index is -3.09. The molecule has 0 aromatic rings. The predicted molar refractivity (Wildman–Crippen MR) is 81.8 cm³/mol. The number of sulfone groups is 1. The molecule has 3 N–H and O–H groups in total. The number of amides is 1. The van der Waals surface area contributed by atoms with Crippen LogP contribution >= 0.6 is 12.2 Å². The molecule has 7 heteroatoms. The van der Waals surface area contributed by atoms with Gasteiger partial charge in [-0.05, 0) is 12.8 Å². The molecule has 0 aliphatic rings. The number of nitrogens with two attached hydrogens (primary N) is 1. The molecule has 0 aliphatic carbocycles. The largest absolute Gasteiger partial charge is 0.392 e. The molecule has 0 fully saturated rings. The van der Waals surface area contributed by atoms with Crippen molar-refractivity contribution < 1.29 is 13.2 Å². The number of thiocarbonyl (C=S) groups is 1. The van der Waals surface area contributed by atoms with Gasteiger partial charge in [-0.15, -0.1) is 0 Å². The van der Waals surface area contributed by atoms with Crippen molar-refractivity contribution in [2.24, 2.45) is 11.1 Å². The van der Waals surface area contributed by atoms with Gasteiger partial charge in [-0.1, -0.05) is 38.9 Å². The number of carbonyl (C=O) groups excluding carboxylic acids is 1. The maximum atomic E-state index is 12.3. The van der Waals surface area contributed by atoms with Crippen molar-refractivity contribution in [1.82, 2.24) is 5.32 Å². The molecule has 0 rings (SSSR count). The van der Waals surface area contributed by atoms with Crippen molar-refractivity contribution in [3.63, 3.8) is 0 Å². The summed E-state index contributed by atoms with van der Waals surface area (Å²) in [6.45, 7) is 4.02. The Labute approximate surface area is 121 Å². The molecule has 0 heterocycles. The summed E-state index contributed by atoms with van der Waals surface area (Å²) in [6.07, 6.45) is 3.88. The van der Waals surface area contributed by atoms with Crippen molar-refractivity contribution in [2.45, 2.75) is 39.5 Å². The zero-order valence-corrected chi connectivity index (χ0v) is 13.5. The van der Waals surface area contributed by atoms with Crippen LogP contribution in [-0.4, -0.2) is 37.9 Å². The average molecular weight is 308 g/mol. The molecule has 0 spiro atoms. The number of hydrogen-bond donors (Lipinski definition) is 2. The molecule has 0 unspecified atom stereocenters. The highest BCUT2D eigenvalue weighted by Crippen LogP contribution is 2.30. The van der Waals surface area contributed by atoms with E-state index in [4.69, 9.17) is 18.0 Å². The van der Waals surface area contributed by atoms with Crippen LogP contribution < -0.4 is 11.1 Å². The fraction of sp³-hybridized carbons (Fsp3) is 0.833. The van der Waals surface area contributed by atoms with Crippen LogP contribution in [0, 0.1) is 5.41 Å². The van der Waals surface area contributed by atoms with E-state index in [0.29, 0.717) is 12.8 Å². The Balaban J connectivity index is 4.85. The van der Waals surface area contributed by atoms with Crippen molar-refractivity contribution in [1.29, 1.82) is 0 Å². The topological polar surface area (TPSA) is 89.3 Å². The van der Waals surface area contributed by atoms with E-state index in [-0.39, 0.29) is 23.2 Å². The van der Waals surface area contributed by atoms with Gasteiger partial charge >= 0.3 is 0 Å². The summed E-state index contributed by atoms with van der Waals surface area (Å²) in [5.74, 6) is -0.336. The summed E-state index contributed by atoms with van der Waals surface area (Å²) in [6, 6.07) is 0. The highest BCUT2D eigenvalue weighted by Gasteiger charge is 2.39. The van der Waals surface area contributed by atoms with Crippen LogP contribution in [0.25, 0.3) is 0 Å². The van der Waals surface area contributed by atoms with Crippen LogP contribution in [0.4, 0.5) is 0 Å². The molecule has 0 bridgehead atoms. The normalized spacial score (nSPS) is 12.2. The maximum absolute atomic E-state index is 12.3. The highest BCUT2D eigenvalue weighted by molar-refractivity contribution is 7.90. The number of rotatable bonds is 9. The summed E-state index contributed by atoms with van der Waals surface area (Å²) < 4.78 is 22.1. The third kappa shape index (κ3) is 5.86. The van der Waals surface area contributed by atoms with E-state index in [9.17, 15) is 13.2 Å². The first kappa shape index (κ1) is 18.3. The van der Waals surface area contributed by atoms with E-state index in [2.05, 4.69) is 5.32 Å². The van der Waals surface area contributed by atoms with E-state index < -0.39 is 15.3 Å². The first-order valence-corrected chi connectivity index (χ1v) is 8.92. The Morgan fingerprint density at radius 3 is 2.05 bits per heavy atom. The SMILES string of the molecule is CCCC(CCC)(C(=O)NCCS(C)(=O)=O)C(N)=S. The van der Waals surface area contributed by atoms with Crippen molar-refractivity contribution >= 4 is 33.0 Å². The molecular weight excluding hydrogens is 284 g/mol. The zero-order chi connectivity index (χ0) is 15.1. The van der Waals surface area contributed by atoms with Crippen LogP contribution in [0.5, 0.6) is 0 Å². The second-order valence-corrected chi connectivity index (χ2v) is 7.53. The molecule has 19 heavy (non-hydrogen) atoms. The minimum Gasteiger partial charge on any atom is -0.392 e. The van der Waals surface area contributed by atoms with Crippen LogP contribution in [-0.2, 0) is 14.6 Å². The lowest BCUT2D eigenvalue weighted by Gasteiger charge is -2.31. The third-order valence-electron chi connectivity index (χ3n) is 3.02. The molecule has 0 saturated carbocycles. The smallest absolute Gasteiger partial charge is 0.233 e. The third-order valence-corrected chi connectivity index (χ3v) is 4.35. The van der Waals surface area contributed by atoms with E-state index in [0.717, 1.165) is 19.1 Å². The van der Waals surface area contributed by atoms with Gasteiger partial charge in [-0.25, -0.2) is 8.42 Å². The van der Waals surface area contributed by atoms with Crippen LogP contribution in [0.15, 0.2) is 0 Å². The van der Waals surface area contributed by atoms with Gasteiger partial charge in [0.15, 0.2) is 0 Å². The molecular formula is C12H24N2O3S2. The first-order chi connectivity index (χ1) is 8.69. The van der Waals surface area contributed by atoms with E-state index in [1.165, 1.54) is 0 Å². The Hall–Kier alpha value is -0.690. The quantitative estimate of drug-likeness (QED) is 0.621. The molecule has 0 saturated heterocycles. The second kappa shape index (κ2) is 7.79. The zero-order valence-electron chi connectivity index (χ0n) is 11.9. The van der Waals surface area contributed by atoms with E-state index >= 15 is 0 Å². The lowest BCUT2D eigenvalue weighted by molar-refractivity contribution is -0.128. The summed E-state index contributed by atoms with van der Waals surface area (Å²) in [7, 11) is -3.09. The molecule has 5 nitrogen and oxygen atoms in total. The van der Waals surface area contributed by atoms with Gasteiger partial charge in [0.25, 0.3) is 0 Å². The van der Waals surface area contributed by atoms with Gasteiger partial charge < -0.3 is 11.1 Å². The molecule has 1 amide bonds. The van der Waals surface area contributed by atoms with Crippen LogP contribution in [0.3, 0.4) is 0 Å². The molecule has 0 aromatic carbocycles. The summed E-state index contributed by atoms with van der Waals surface area (Å²) in [5, 5.41) is 2.65. The number of carbonyl (C=O) groups is 1. The molecule has 0 aromatic heterocycles. The number of nitrogens with one attached hydrogen (secondary N) is 1. The first-order valence-electron chi connectivity index (χ1n) is 6.45. The molecule has 0 aliphatic heterocycles. The van der Waals surface area contributed by atoms with Gasteiger partial charge in [0, 0.05) is 12.8 Å². The number of hydrogen-bond acceptors (Lipinski definition) is 4. The highest BCUT2D eigenvalue weighted by atomic mass is 32.2. The maximum Gasteiger partial charge on any atom is 0.233 e. The van der Waals surface area contributed by atoms with Crippen LogP contribution in [0.1, 0.15) is 39.5 Å². The predicted octanol–water partition coefficient (Wildman–Crippen LogP) is 1.02. The van der Waals surface area contributed by atoms with Crippen molar-refractivity contribution in [3.8, 4) is 0 Å². The van der Waals surface area contributed by atoms with Gasteiger partial charge in [0.1, 0.15) is 9.84 Å². The van der Waals surface area contributed by atoms with Crippen molar-refractivity contribution in [3.05, 3.63) is 0 Å². The average Bonchev–Trinajstić information content (AvgIpc) is 2.26. The monoisotopic (exact) mass is 308 g/mol. The summed E-state index contributed by atoms with van der Waals surface area (Å²) in [4.78, 5) is 12.5. The lowest BCUT2D eigenvalue weighted by Crippen LogP contribution is -2.49. The summed E-state index contributed by atoms with van der Waals surface area (Å²) >= 11 is 5.06. The van der Waals surface area contributed by atoms with Crippen LogP contribution in [0.2, 0.25) is 0 Å². The standard InChI is InChI=1S/C12H24N2O3S2/c1-4-6-12(7-5-2,10(13)18)11(15)14-8-9-19(3,16)17/h4-9H2,1-3H3,(H2,13,18)(H,14,15). The molecule has 112 valence electrons. The Morgan fingerprint density at radius 1 is 1.26 bits per heavy atom. The minimum absolute atomic E-state index is 0.0790. The Kier molecular flexibility index (Phi) is 7.51. The fourth-order valence-corrected chi connectivity index (χ4v) is 2.85. The Morgan fingerprint density at radius 2 is 1.74 bits per heavy atom. The fourth-order valence-electron chi connectivity index (χ4n) is 2.08. The Bertz CT molecular complexity index is 413. The second-order valence-electron chi connectivity index (χ2n) is 4.83. The summed E-state index contributed by atoms with van der Waals surface area (Å²) in [5.41, 5.74) is 4.90. The molecule has 0 atom stereocenters. The van der Waals surface area contributed by atoms with Gasteiger partial charge in [0.05, 0.1) is 16.2 Å². The van der Waals surface area contributed by atoms with E-state index in [1.54, 1.807) is 0 Å².